The van der Waals surface area contributed by atoms with Gasteiger partial charge in [0.25, 0.3) is 5.91 Å². The molecule has 0 unspecified atom stereocenters. The van der Waals surface area contributed by atoms with Crippen molar-refractivity contribution in [3.05, 3.63) is 59.0 Å². The van der Waals surface area contributed by atoms with E-state index < -0.39 is 23.4 Å². The van der Waals surface area contributed by atoms with Crippen LogP contribution in [0, 0.1) is 0 Å². The van der Waals surface area contributed by atoms with Gasteiger partial charge in [0.2, 0.25) is 5.91 Å². The molecule has 2 N–H and O–H groups in total. The molecule has 1 aromatic heterocycles. The van der Waals surface area contributed by atoms with Gasteiger partial charge in [0.1, 0.15) is 12.3 Å². The molecule has 1 atom stereocenters. The van der Waals surface area contributed by atoms with Gasteiger partial charge in [-0.2, -0.15) is 0 Å². The normalized spacial score (nSPS) is 19.8. The fourth-order valence-electron chi connectivity index (χ4n) is 2.57. The highest BCUT2D eigenvalue weighted by atomic mass is 35.5. The zero-order chi connectivity index (χ0) is 18.0. The molecule has 0 spiro atoms. The van der Waals surface area contributed by atoms with Crippen molar-refractivity contribution in [3.63, 3.8) is 0 Å². The third kappa shape index (κ3) is 3.36. The zero-order valence-corrected chi connectivity index (χ0v) is 14.2. The van der Waals surface area contributed by atoms with Crippen molar-refractivity contribution in [1.29, 1.82) is 0 Å². The Morgan fingerprint density at radius 3 is 2.64 bits per heavy atom. The highest BCUT2D eigenvalue weighted by Crippen LogP contribution is 2.28. The number of nitrogens with one attached hydrogen (secondary N) is 2. The van der Waals surface area contributed by atoms with Crippen LogP contribution in [-0.4, -0.2) is 29.3 Å². The van der Waals surface area contributed by atoms with E-state index in [1.165, 1.54) is 13.2 Å². The summed E-state index contributed by atoms with van der Waals surface area (Å²) in [7, 11) is 0. The van der Waals surface area contributed by atoms with Gasteiger partial charge in [0.15, 0.2) is 5.54 Å². The summed E-state index contributed by atoms with van der Waals surface area (Å²) in [6, 6.07) is 9.59. The number of carbonyl (C=O) groups is 3. The molecular formula is C17H16ClN3O4. The van der Waals surface area contributed by atoms with Crippen molar-refractivity contribution in [2.75, 3.05) is 6.54 Å². The second-order valence-corrected chi connectivity index (χ2v) is 6.26. The molecular weight excluding hydrogens is 346 g/mol. The van der Waals surface area contributed by atoms with Crippen LogP contribution in [-0.2, 0) is 21.7 Å². The van der Waals surface area contributed by atoms with Crippen molar-refractivity contribution >= 4 is 29.4 Å². The fraction of sp³-hybridized carbons (Fsp3) is 0.235. The number of nitrogens with zero attached hydrogens (tertiary/aromatic N) is 1. The van der Waals surface area contributed by atoms with E-state index in [1.807, 2.05) is 0 Å². The van der Waals surface area contributed by atoms with E-state index in [2.05, 4.69) is 10.6 Å². The van der Waals surface area contributed by atoms with Crippen LogP contribution in [0.3, 0.4) is 0 Å². The summed E-state index contributed by atoms with van der Waals surface area (Å²) in [5.74, 6) is -0.661. The van der Waals surface area contributed by atoms with Gasteiger partial charge in [0.05, 0.1) is 6.26 Å². The number of amides is 4. The van der Waals surface area contributed by atoms with Crippen molar-refractivity contribution < 1.29 is 18.8 Å². The summed E-state index contributed by atoms with van der Waals surface area (Å²) in [6.07, 6.45) is 1.42. The van der Waals surface area contributed by atoms with Gasteiger partial charge in [-0.3, -0.25) is 14.5 Å². The van der Waals surface area contributed by atoms with Crippen LogP contribution < -0.4 is 10.6 Å². The van der Waals surface area contributed by atoms with E-state index in [1.54, 1.807) is 36.4 Å². The average molecular weight is 362 g/mol. The van der Waals surface area contributed by atoms with Crippen molar-refractivity contribution in [3.8, 4) is 0 Å². The molecule has 0 saturated carbocycles. The van der Waals surface area contributed by atoms with E-state index >= 15 is 0 Å². The van der Waals surface area contributed by atoms with Gasteiger partial charge in [-0.25, -0.2) is 4.79 Å². The van der Waals surface area contributed by atoms with E-state index in [0.717, 1.165) is 10.5 Å². The van der Waals surface area contributed by atoms with Gasteiger partial charge >= 0.3 is 6.03 Å². The number of imide groups is 1. The second-order valence-electron chi connectivity index (χ2n) is 5.83. The lowest BCUT2D eigenvalue weighted by molar-refractivity contribution is -0.135. The summed E-state index contributed by atoms with van der Waals surface area (Å²) >= 11 is 5.81. The SMILES string of the molecule is C[C@@]1(c2ccco2)NC(=O)N(CC(=O)NCc2ccc(Cl)cc2)C1=O. The first kappa shape index (κ1) is 17.0. The van der Waals surface area contributed by atoms with Crippen LogP contribution in [0.1, 0.15) is 18.2 Å². The molecule has 8 heteroatoms. The first-order valence-electron chi connectivity index (χ1n) is 7.59. The van der Waals surface area contributed by atoms with Gasteiger partial charge < -0.3 is 15.1 Å². The Labute approximate surface area is 148 Å². The number of furan rings is 1. The Morgan fingerprint density at radius 2 is 2.00 bits per heavy atom. The molecule has 1 saturated heterocycles. The van der Waals surface area contributed by atoms with Crippen molar-refractivity contribution in [1.82, 2.24) is 15.5 Å². The third-order valence-electron chi connectivity index (χ3n) is 3.99. The predicted molar refractivity (Wildman–Crippen MR) is 89.6 cm³/mol. The molecule has 130 valence electrons. The highest BCUT2D eigenvalue weighted by Gasteiger charge is 2.51. The Bertz CT molecular complexity index is 804. The second kappa shape index (κ2) is 6.60. The first-order chi connectivity index (χ1) is 11.9. The standard InChI is InChI=1S/C17H16ClN3O4/c1-17(13-3-2-8-25-13)15(23)21(16(24)20-17)10-14(22)19-9-11-4-6-12(18)7-5-11/h2-8H,9-10H2,1H3,(H,19,22)(H,20,24)/t17-/m0/s1. The summed E-state index contributed by atoms with van der Waals surface area (Å²) in [6.45, 7) is 1.45. The quantitative estimate of drug-likeness (QED) is 0.797. The minimum Gasteiger partial charge on any atom is -0.466 e. The zero-order valence-electron chi connectivity index (χ0n) is 13.4. The van der Waals surface area contributed by atoms with Crippen molar-refractivity contribution in [2.45, 2.75) is 19.0 Å². The molecule has 1 fully saturated rings. The number of hydrogen-bond donors (Lipinski definition) is 2. The largest absolute Gasteiger partial charge is 0.466 e. The molecule has 1 aliphatic heterocycles. The molecule has 3 rings (SSSR count). The maximum atomic E-state index is 12.6. The van der Waals surface area contributed by atoms with Crippen molar-refractivity contribution in [2.24, 2.45) is 0 Å². The number of rotatable bonds is 5. The minimum absolute atomic E-state index is 0.273. The summed E-state index contributed by atoms with van der Waals surface area (Å²) in [5, 5.41) is 5.84. The molecule has 25 heavy (non-hydrogen) atoms. The van der Waals surface area contributed by atoms with Gasteiger partial charge in [-0.15, -0.1) is 0 Å². The lowest BCUT2D eigenvalue weighted by Crippen LogP contribution is -2.43. The van der Waals surface area contributed by atoms with E-state index in [0.29, 0.717) is 10.8 Å². The predicted octanol–water partition coefficient (Wildman–Crippen LogP) is 2.02. The molecule has 1 aliphatic rings. The maximum Gasteiger partial charge on any atom is 0.325 e. The molecule has 0 aliphatic carbocycles. The topological polar surface area (TPSA) is 91.7 Å². The van der Waals surface area contributed by atoms with E-state index in [-0.39, 0.29) is 13.1 Å². The summed E-state index contributed by atoms with van der Waals surface area (Å²) < 4.78 is 5.23. The lowest BCUT2D eigenvalue weighted by Gasteiger charge is -2.18. The van der Waals surface area contributed by atoms with Gasteiger partial charge in [-0.05, 0) is 36.8 Å². The lowest BCUT2D eigenvalue weighted by atomic mass is 9.99. The maximum absolute atomic E-state index is 12.6. The smallest absolute Gasteiger partial charge is 0.325 e. The minimum atomic E-state index is -1.31. The monoisotopic (exact) mass is 361 g/mol. The summed E-state index contributed by atoms with van der Waals surface area (Å²) in [4.78, 5) is 37.6. The Kier molecular flexibility index (Phi) is 4.50. The molecule has 2 heterocycles. The number of benzene rings is 1. The van der Waals surface area contributed by atoms with Crippen LogP contribution >= 0.6 is 11.6 Å². The van der Waals surface area contributed by atoms with Crippen LogP contribution in [0.4, 0.5) is 4.79 Å². The van der Waals surface area contributed by atoms with Crippen LogP contribution in [0.2, 0.25) is 5.02 Å². The fourth-order valence-corrected chi connectivity index (χ4v) is 2.70. The Morgan fingerprint density at radius 1 is 1.28 bits per heavy atom. The molecule has 4 amide bonds. The molecule has 1 aromatic carbocycles. The van der Waals surface area contributed by atoms with E-state index in [4.69, 9.17) is 16.0 Å². The number of urea groups is 1. The molecule has 2 aromatic rings. The van der Waals surface area contributed by atoms with Crippen LogP contribution in [0.15, 0.2) is 47.1 Å². The highest BCUT2D eigenvalue weighted by molar-refractivity contribution is 6.30. The van der Waals surface area contributed by atoms with Gasteiger partial charge in [-0.1, -0.05) is 23.7 Å². The first-order valence-corrected chi connectivity index (χ1v) is 7.97. The number of carbonyl (C=O) groups excluding carboxylic acids is 3. The number of halogens is 1. The van der Waals surface area contributed by atoms with E-state index in [9.17, 15) is 14.4 Å². The molecule has 0 bridgehead atoms. The molecule has 7 nitrogen and oxygen atoms in total. The summed E-state index contributed by atoms with van der Waals surface area (Å²) in [5.41, 5.74) is -0.452. The van der Waals surface area contributed by atoms with Crippen LogP contribution in [0.5, 0.6) is 0 Å². The molecule has 0 radical (unpaired) electrons. The third-order valence-corrected chi connectivity index (χ3v) is 4.25. The Balaban J connectivity index is 1.62. The Hall–Kier alpha value is -2.80. The van der Waals surface area contributed by atoms with Crippen LogP contribution in [0.25, 0.3) is 0 Å². The number of hydrogen-bond acceptors (Lipinski definition) is 4. The average Bonchev–Trinajstić information content (AvgIpc) is 3.19. The van der Waals surface area contributed by atoms with Gasteiger partial charge in [0, 0.05) is 11.6 Å².